The van der Waals surface area contributed by atoms with Gasteiger partial charge in [0.05, 0.1) is 34.3 Å². The Bertz CT molecular complexity index is 2020. The molecule has 0 radical (unpaired) electrons. The Balaban J connectivity index is 1.06. The van der Waals surface area contributed by atoms with Crippen LogP contribution < -0.4 is 0 Å². The Hall–Kier alpha value is -4.48. The first-order chi connectivity index (χ1) is 24.9. The van der Waals surface area contributed by atoms with Gasteiger partial charge in [0.1, 0.15) is 10.7 Å². The predicted molar refractivity (Wildman–Crippen MR) is 206 cm³/mol. The van der Waals surface area contributed by atoms with Crippen LogP contribution in [0.3, 0.4) is 0 Å². The van der Waals surface area contributed by atoms with Crippen LogP contribution in [0.2, 0.25) is 10.0 Å². The third kappa shape index (κ3) is 6.93. The van der Waals surface area contributed by atoms with E-state index in [0.717, 1.165) is 45.0 Å². The predicted octanol–water partition coefficient (Wildman–Crippen LogP) is 8.94. The molecular weight excluding hydrogens is 720 g/mol. The maximum Gasteiger partial charge on any atom is 0.233 e. The van der Waals surface area contributed by atoms with E-state index in [4.69, 9.17) is 33.4 Å². The zero-order valence-corrected chi connectivity index (χ0v) is 30.5. The van der Waals surface area contributed by atoms with Gasteiger partial charge in [0.15, 0.2) is 0 Å². The summed E-state index contributed by atoms with van der Waals surface area (Å²) < 4.78 is 3.75. The van der Waals surface area contributed by atoms with Crippen LogP contribution in [0.1, 0.15) is 28.3 Å². The molecule has 2 saturated heterocycles. The highest BCUT2D eigenvalue weighted by atomic mass is 35.5. The van der Waals surface area contributed by atoms with E-state index in [-0.39, 0.29) is 22.6 Å². The maximum absolute atomic E-state index is 13.4. The molecule has 2 atom stereocenters. The number of aromatic nitrogens is 4. The highest BCUT2D eigenvalue weighted by molar-refractivity contribution is 8.00. The zero-order valence-electron chi connectivity index (χ0n) is 27.3. The number of rotatable bonds is 10. The van der Waals surface area contributed by atoms with Crippen LogP contribution >= 0.6 is 46.7 Å². The highest BCUT2D eigenvalue weighted by Crippen LogP contribution is 2.45. The van der Waals surface area contributed by atoms with Crippen LogP contribution in [0.25, 0.3) is 33.9 Å². The Morgan fingerprint density at radius 1 is 0.569 bits per heavy atom. The number of hydrogen-bond donors (Lipinski definition) is 0. The van der Waals surface area contributed by atoms with Crippen molar-refractivity contribution in [3.8, 4) is 33.9 Å². The highest BCUT2D eigenvalue weighted by Gasteiger charge is 2.38. The molecule has 2 aromatic heterocycles. The second-order valence-electron chi connectivity index (χ2n) is 12.3. The summed E-state index contributed by atoms with van der Waals surface area (Å²) in [6.07, 6.45) is 4.68. The van der Waals surface area contributed by atoms with E-state index < -0.39 is 0 Å². The molecule has 256 valence electrons. The van der Waals surface area contributed by atoms with Crippen molar-refractivity contribution in [1.29, 1.82) is 0 Å². The smallest absolute Gasteiger partial charge is 0.233 e. The Morgan fingerprint density at radius 3 is 1.35 bits per heavy atom. The SMILES string of the molecule is O=C1CS[C@H](c2cn(-c3ccccc3)nc2-c2ccc(Cl)cc2)N1CCCN1C(=O)CS[C@H]1c1cn(-c2ccccc2)nc1-c1ccc(Cl)cc1. The molecule has 6 aromatic rings. The number of carbonyl (C=O) groups is 2. The van der Waals surface area contributed by atoms with E-state index in [2.05, 4.69) is 0 Å². The van der Waals surface area contributed by atoms with Gasteiger partial charge in [-0.25, -0.2) is 9.36 Å². The quantitative estimate of drug-likeness (QED) is 0.139. The summed E-state index contributed by atoms with van der Waals surface area (Å²) in [6.45, 7) is 1.00. The van der Waals surface area contributed by atoms with Gasteiger partial charge in [-0.3, -0.25) is 9.59 Å². The molecule has 0 aliphatic carbocycles. The number of hydrogen-bond acceptors (Lipinski definition) is 6. The van der Waals surface area contributed by atoms with Crippen LogP contribution in [-0.2, 0) is 9.59 Å². The van der Waals surface area contributed by atoms with E-state index >= 15 is 0 Å². The summed E-state index contributed by atoms with van der Waals surface area (Å²) in [5.41, 5.74) is 7.27. The molecule has 0 bridgehead atoms. The number of amides is 2. The third-order valence-corrected chi connectivity index (χ3v) is 12.0. The minimum atomic E-state index is -0.222. The summed E-state index contributed by atoms with van der Waals surface area (Å²) in [6, 6.07) is 35.2. The molecular formula is C39H32Cl2N6O2S2. The van der Waals surface area contributed by atoms with Crippen LogP contribution in [0.5, 0.6) is 0 Å². The van der Waals surface area contributed by atoms with Crippen molar-refractivity contribution in [3.05, 3.63) is 143 Å². The van der Waals surface area contributed by atoms with E-state index in [0.29, 0.717) is 41.1 Å². The fraction of sp³-hybridized carbons (Fsp3) is 0.179. The summed E-state index contributed by atoms with van der Waals surface area (Å²) >= 11 is 15.7. The molecule has 0 unspecified atom stereocenters. The van der Waals surface area contributed by atoms with Crippen molar-refractivity contribution in [2.24, 2.45) is 0 Å². The lowest BCUT2D eigenvalue weighted by Crippen LogP contribution is -2.34. The third-order valence-electron chi connectivity index (χ3n) is 9.03. The van der Waals surface area contributed by atoms with Crippen molar-refractivity contribution < 1.29 is 9.59 Å². The van der Waals surface area contributed by atoms with Crippen LogP contribution in [0.15, 0.2) is 122 Å². The summed E-state index contributed by atoms with van der Waals surface area (Å²) in [4.78, 5) is 30.7. The van der Waals surface area contributed by atoms with Crippen molar-refractivity contribution >= 4 is 58.5 Å². The summed E-state index contributed by atoms with van der Waals surface area (Å²) in [5, 5.41) is 10.8. The van der Waals surface area contributed by atoms with Gasteiger partial charge in [0, 0.05) is 57.8 Å². The Labute approximate surface area is 314 Å². The topological polar surface area (TPSA) is 76.3 Å². The fourth-order valence-electron chi connectivity index (χ4n) is 6.54. The van der Waals surface area contributed by atoms with E-state index in [9.17, 15) is 9.59 Å². The lowest BCUT2D eigenvalue weighted by atomic mass is 10.1. The first kappa shape index (κ1) is 33.7. The van der Waals surface area contributed by atoms with Gasteiger partial charge < -0.3 is 9.80 Å². The molecule has 0 spiro atoms. The number of thioether (sulfide) groups is 2. The molecule has 0 saturated carbocycles. The molecule has 12 heteroatoms. The minimum absolute atomic E-state index is 0.0763. The van der Waals surface area contributed by atoms with Crippen LogP contribution in [-0.4, -0.2) is 65.8 Å². The average Bonchev–Trinajstić information content (AvgIpc) is 3.96. The molecule has 2 aliphatic heterocycles. The van der Waals surface area contributed by atoms with Crippen molar-refractivity contribution in [1.82, 2.24) is 29.4 Å². The second kappa shape index (κ2) is 14.6. The van der Waals surface area contributed by atoms with Gasteiger partial charge >= 0.3 is 0 Å². The molecule has 4 heterocycles. The monoisotopic (exact) mass is 750 g/mol. The van der Waals surface area contributed by atoms with Gasteiger partial charge in [-0.05, 0) is 55.0 Å². The molecule has 2 fully saturated rings. The molecule has 0 N–H and O–H groups in total. The standard InChI is InChI=1S/C39H32Cl2N6O2S2/c40-28-16-12-26(13-17-28)36-32(22-46(42-36)30-8-3-1-4-9-30)38-44(34(48)24-50-38)20-7-21-45-35(49)25-51-39(45)33-23-47(31-10-5-2-6-11-31)43-37(33)27-14-18-29(41)19-15-27/h1-6,8-19,22-23,38-39H,7,20-21,24-25H2/t38-,39+. The first-order valence-corrected chi connectivity index (χ1v) is 19.4. The van der Waals surface area contributed by atoms with E-state index in [1.54, 1.807) is 23.5 Å². The Kier molecular flexibility index (Phi) is 9.66. The molecule has 8 rings (SSSR count). The molecule has 2 aliphatic rings. The van der Waals surface area contributed by atoms with Gasteiger partial charge in [-0.1, -0.05) is 83.9 Å². The average molecular weight is 752 g/mol. The summed E-state index contributed by atoms with van der Waals surface area (Å²) in [7, 11) is 0. The van der Waals surface area contributed by atoms with Gasteiger partial charge in [0.25, 0.3) is 0 Å². The van der Waals surface area contributed by atoms with Crippen molar-refractivity contribution in [3.63, 3.8) is 0 Å². The number of benzene rings is 4. The molecule has 8 nitrogen and oxygen atoms in total. The van der Waals surface area contributed by atoms with Gasteiger partial charge in [0.2, 0.25) is 11.8 Å². The molecule has 4 aromatic carbocycles. The van der Waals surface area contributed by atoms with E-state index in [1.165, 1.54) is 0 Å². The van der Waals surface area contributed by atoms with Gasteiger partial charge in [-0.2, -0.15) is 10.2 Å². The fourth-order valence-corrected chi connectivity index (χ4v) is 9.24. The normalized spacial score (nSPS) is 17.5. The zero-order chi connectivity index (χ0) is 34.9. The number of carbonyl (C=O) groups excluding carboxylic acids is 2. The van der Waals surface area contributed by atoms with Crippen LogP contribution in [0.4, 0.5) is 0 Å². The Morgan fingerprint density at radius 2 is 0.961 bits per heavy atom. The lowest BCUT2D eigenvalue weighted by molar-refractivity contribution is -0.128. The molecule has 51 heavy (non-hydrogen) atoms. The lowest BCUT2D eigenvalue weighted by Gasteiger charge is -2.27. The minimum Gasteiger partial charge on any atom is -0.326 e. The summed E-state index contributed by atoms with van der Waals surface area (Å²) in [5.74, 6) is 0.913. The van der Waals surface area contributed by atoms with E-state index in [1.807, 2.05) is 141 Å². The number of para-hydroxylation sites is 2. The second-order valence-corrected chi connectivity index (χ2v) is 15.3. The first-order valence-electron chi connectivity index (χ1n) is 16.6. The molecule has 2 amide bonds. The van der Waals surface area contributed by atoms with Crippen molar-refractivity contribution in [2.45, 2.75) is 17.2 Å². The van der Waals surface area contributed by atoms with Crippen molar-refractivity contribution in [2.75, 3.05) is 24.6 Å². The number of nitrogens with zero attached hydrogens (tertiary/aromatic N) is 6. The maximum atomic E-state index is 13.4. The van der Waals surface area contributed by atoms with Gasteiger partial charge in [-0.15, -0.1) is 23.5 Å². The number of halogens is 2. The largest absolute Gasteiger partial charge is 0.326 e. The van der Waals surface area contributed by atoms with Crippen LogP contribution in [0, 0.1) is 0 Å².